The van der Waals surface area contributed by atoms with Crippen molar-refractivity contribution in [1.82, 2.24) is 0 Å². The third kappa shape index (κ3) is 3.30. The molecule has 1 atom stereocenters. The lowest BCUT2D eigenvalue weighted by molar-refractivity contribution is 0.426. The van der Waals surface area contributed by atoms with Crippen molar-refractivity contribution in [3.05, 3.63) is 156 Å². The number of rotatable bonds is 2. The summed E-state index contributed by atoms with van der Waals surface area (Å²) in [6.45, 7) is 0. The minimum absolute atomic E-state index is 0.214. The van der Waals surface area contributed by atoms with Crippen LogP contribution in [0, 0.1) is 0 Å². The van der Waals surface area contributed by atoms with Crippen LogP contribution >= 0.6 is 0 Å². The molecule has 0 fully saturated rings. The number of benzene rings is 7. The normalized spacial score (nSPS) is 16.0. The largest absolute Gasteiger partial charge is 0.461 e. The van der Waals surface area contributed by atoms with Crippen molar-refractivity contribution in [3.63, 3.8) is 0 Å². The fourth-order valence-corrected chi connectivity index (χ4v) is 7.28. The predicted molar refractivity (Wildman–Crippen MR) is 172 cm³/mol. The highest BCUT2D eigenvalue weighted by Crippen LogP contribution is 2.52. The fraction of sp³-hybridized carbons (Fsp3) is 0.0500. The summed E-state index contributed by atoms with van der Waals surface area (Å²) in [5, 5.41) is 10.3. The Labute approximate surface area is 238 Å². The molecule has 7 aromatic rings. The van der Waals surface area contributed by atoms with E-state index in [9.17, 15) is 0 Å². The Hall–Kier alpha value is -5.14. The summed E-state index contributed by atoms with van der Waals surface area (Å²) in [5.41, 5.74) is 6.61. The molecule has 0 radical (unpaired) electrons. The maximum absolute atomic E-state index is 6.41. The van der Waals surface area contributed by atoms with E-state index in [-0.39, 0.29) is 5.92 Å². The molecular weight excluding hydrogens is 496 g/mol. The number of hydrogen-bond donors (Lipinski definition) is 0. The number of allylic oxidation sites excluding steroid dienone is 4. The highest BCUT2D eigenvalue weighted by molar-refractivity contribution is 6.21. The van der Waals surface area contributed by atoms with Crippen molar-refractivity contribution in [2.75, 3.05) is 0 Å². The van der Waals surface area contributed by atoms with Crippen LogP contribution in [0.5, 0.6) is 5.75 Å². The van der Waals surface area contributed by atoms with E-state index in [1.807, 2.05) is 0 Å². The van der Waals surface area contributed by atoms with Gasteiger partial charge >= 0.3 is 0 Å². The molecule has 0 spiro atoms. The first-order valence-corrected chi connectivity index (χ1v) is 14.4. The first-order valence-electron chi connectivity index (χ1n) is 14.4. The summed E-state index contributed by atoms with van der Waals surface area (Å²) in [4.78, 5) is 0. The van der Waals surface area contributed by atoms with Crippen LogP contribution in [0.4, 0.5) is 0 Å². The molecule has 7 aromatic carbocycles. The van der Waals surface area contributed by atoms with E-state index in [0.717, 1.165) is 17.9 Å². The molecule has 192 valence electrons. The average molecular weight is 523 g/mol. The van der Waals surface area contributed by atoms with E-state index in [0.29, 0.717) is 0 Å². The van der Waals surface area contributed by atoms with Gasteiger partial charge in [-0.05, 0) is 83.9 Å². The van der Waals surface area contributed by atoms with Crippen molar-refractivity contribution in [2.24, 2.45) is 0 Å². The van der Waals surface area contributed by atoms with Gasteiger partial charge in [0.15, 0.2) is 0 Å². The quantitative estimate of drug-likeness (QED) is 0.205. The van der Waals surface area contributed by atoms with Gasteiger partial charge in [-0.15, -0.1) is 0 Å². The summed E-state index contributed by atoms with van der Waals surface area (Å²) >= 11 is 0. The third-order valence-corrected chi connectivity index (χ3v) is 9.03. The van der Waals surface area contributed by atoms with Gasteiger partial charge < -0.3 is 4.74 Å². The van der Waals surface area contributed by atoms with Gasteiger partial charge in [0, 0.05) is 5.56 Å². The topological polar surface area (TPSA) is 9.23 Å². The van der Waals surface area contributed by atoms with Crippen molar-refractivity contribution in [3.8, 4) is 16.9 Å². The Balaban J connectivity index is 1.30. The summed E-state index contributed by atoms with van der Waals surface area (Å²) in [6.07, 6.45) is 5.42. The summed E-state index contributed by atoms with van der Waals surface area (Å²) in [7, 11) is 0. The van der Waals surface area contributed by atoms with Crippen LogP contribution in [-0.2, 0) is 0 Å². The minimum atomic E-state index is 0.214. The van der Waals surface area contributed by atoms with Crippen molar-refractivity contribution >= 4 is 48.7 Å². The fourth-order valence-electron chi connectivity index (χ4n) is 7.28. The Kier molecular flexibility index (Phi) is 4.80. The van der Waals surface area contributed by atoms with Crippen LogP contribution in [0.25, 0.3) is 59.8 Å². The van der Waals surface area contributed by atoms with Crippen molar-refractivity contribution < 1.29 is 4.74 Å². The molecule has 0 saturated carbocycles. The molecular formula is C40H26O. The van der Waals surface area contributed by atoms with Crippen LogP contribution in [0.15, 0.2) is 145 Å². The predicted octanol–water partition coefficient (Wildman–Crippen LogP) is 10.8. The zero-order valence-electron chi connectivity index (χ0n) is 22.5. The van der Waals surface area contributed by atoms with Crippen molar-refractivity contribution in [2.45, 2.75) is 12.3 Å². The molecule has 2 aliphatic rings. The van der Waals surface area contributed by atoms with Gasteiger partial charge in [0.25, 0.3) is 0 Å². The van der Waals surface area contributed by atoms with E-state index in [1.165, 1.54) is 70.9 Å². The maximum atomic E-state index is 6.41. The van der Waals surface area contributed by atoms with Crippen LogP contribution in [0.1, 0.15) is 23.5 Å². The molecule has 1 aliphatic heterocycles. The molecule has 1 heterocycles. The smallest absolute Gasteiger partial charge is 0.131 e. The first kappa shape index (κ1) is 22.7. The van der Waals surface area contributed by atoms with E-state index < -0.39 is 0 Å². The second kappa shape index (κ2) is 8.68. The Morgan fingerprint density at radius 3 is 1.73 bits per heavy atom. The van der Waals surface area contributed by atoms with Gasteiger partial charge in [0.05, 0.1) is 5.92 Å². The standard InChI is InChI=1S/C40H26O/c1-3-13-28-25(10-1)12-9-19-30(28)39-33-17-7-5-15-31(33)38(32-16-6-8-18-34(32)39)27-21-22-36-35(24-27)40-29-14-4-2-11-26(29)20-23-37(40)41-36/h1-23,35H,24H2. The van der Waals surface area contributed by atoms with Gasteiger partial charge in [0.1, 0.15) is 11.5 Å². The van der Waals surface area contributed by atoms with Gasteiger partial charge in [-0.25, -0.2) is 0 Å². The Morgan fingerprint density at radius 1 is 0.463 bits per heavy atom. The summed E-state index contributed by atoms with van der Waals surface area (Å²) in [6, 6.07) is 46.3. The van der Waals surface area contributed by atoms with Crippen LogP contribution in [0.3, 0.4) is 0 Å². The Morgan fingerprint density at radius 2 is 1.02 bits per heavy atom. The second-order valence-electron chi connectivity index (χ2n) is 11.2. The van der Waals surface area contributed by atoms with Crippen LogP contribution in [-0.4, -0.2) is 0 Å². The minimum Gasteiger partial charge on any atom is -0.461 e. The second-order valence-corrected chi connectivity index (χ2v) is 11.2. The maximum Gasteiger partial charge on any atom is 0.131 e. The molecule has 1 nitrogen and oxygen atoms in total. The van der Waals surface area contributed by atoms with Crippen LogP contribution < -0.4 is 4.74 Å². The van der Waals surface area contributed by atoms with E-state index in [2.05, 4.69) is 140 Å². The van der Waals surface area contributed by atoms with E-state index in [4.69, 9.17) is 4.74 Å². The van der Waals surface area contributed by atoms with E-state index >= 15 is 0 Å². The van der Waals surface area contributed by atoms with Crippen LogP contribution in [0.2, 0.25) is 0 Å². The lowest BCUT2D eigenvalue weighted by Gasteiger charge is -2.23. The molecule has 0 N–H and O–H groups in total. The SMILES string of the molecule is C1=C(c2c3ccccc3c(-c3cccc4ccccc34)c3ccccc23)CC2C(=C1)Oc1ccc3ccccc3c12. The van der Waals surface area contributed by atoms with E-state index in [1.54, 1.807) is 0 Å². The third-order valence-electron chi connectivity index (χ3n) is 9.03. The molecule has 9 rings (SSSR count). The molecule has 0 aromatic heterocycles. The monoisotopic (exact) mass is 522 g/mol. The lowest BCUT2D eigenvalue weighted by Crippen LogP contribution is -2.06. The number of fused-ring (bicyclic) bond motifs is 8. The molecule has 0 saturated heterocycles. The number of hydrogen-bond acceptors (Lipinski definition) is 1. The summed E-state index contributed by atoms with van der Waals surface area (Å²) in [5.74, 6) is 2.27. The molecule has 0 bridgehead atoms. The molecule has 1 aliphatic carbocycles. The lowest BCUT2D eigenvalue weighted by atomic mass is 9.79. The van der Waals surface area contributed by atoms with Gasteiger partial charge in [-0.1, -0.05) is 127 Å². The Bertz CT molecular complexity index is 2200. The highest BCUT2D eigenvalue weighted by atomic mass is 16.5. The molecule has 0 amide bonds. The van der Waals surface area contributed by atoms with Gasteiger partial charge in [0.2, 0.25) is 0 Å². The molecule has 41 heavy (non-hydrogen) atoms. The average Bonchev–Trinajstić information content (AvgIpc) is 3.42. The van der Waals surface area contributed by atoms with Gasteiger partial charge in [-0.2, -0.15) is 0 Å². The summed E-state index contributed by atoms with van der Waals surface area (Å²) < 4.78 is 6.41. The van der Waals surface area contributed by atoms with Gasteiger partial charge in [-0.3, -0.25) is 0 Å². The highest BCUT2D eigenvalue weighted by Gasteiger charge is 2.34. The molecule has 1 heteroatoms. The zero-order chi connectivity index (χ0) is 26.9. The zero-order valence-corrected chi connectivity index (χ0v) is 22.5. The number of ether oxygens (including phenoxy) is 1. The van der Waals surface area contributed by atoms with Crippen molar-refractivity contribution in [1.29, 1.82) is 0 Å². The molecule has 1 unspecified atom stereocenters. The first-order chi connectivity index (χ1) is 20.3.